The largest absolute Gasteiger partial charge is 0.494 e. The molecule has 3 fully saturated rings. The fraction of sp³-hybridized carbons (Fsp3) is 0.786. The van der Waals surface area contributed by atoms with Crippen LogP contribution in [0.25, 0.3) is 0 Å². The molecule has 0 amide bonds. The number of ether oxygens (including phenoxy) is 1. The molecule has 1 unspecified atom stereocenters. The number of fused-ring (bicyclic) bond motifs is 7. The van der Waals surface area contributed by atoms with Gasteiger partial charge in [-0.05, 0) is 110 Å². The van der Waals surface area contributed by atoms with Crippen LogP contribution in [0.4, 0.5) is 0 Å². The van der Waals surface area contributed by atoms with Crippen molar-refractivity contribution in [3.63, 3.8) is 0 Å². The maximum atomic E-state index is 12.1. The van der Waals surface area contributed by atoms with Crippen molar-refractivity contribution in [2.75, 3.05) is 5.75 Å². The monoisotopic (exact) mass is 453 g/mol. The summed E-state index contributed by atoms with van der Waals surface area (Å²) < 4.78 is 6.69. The van der Waals surface area contributed by atoms with Crippen LogP contribution in [0.1, 0.15) is 85.5 Å². The normalized spacial score (nSPS) is 43.4. The van der Waals surface area contributed by atoms with Gasteiger partial charge in [-0.1, -0.05) is 26.3 Å². The maximum Gasteiger partial charge on any atom is 0.155 e. The third-order valence-corrected chi connectivity index (χ3v) is 11.3. The Kier molecular flexibility index (Phi) is 5.80. The lowest BCUT2D eigenvalue weighted by Gasteiger charge is -2.58. The quantitative estimate of drug-likeness (QED) is 0.419. The van der Waals surface area contributed by atoms with E-state index in [1.54, 1.807) is 0 Å². The molecule has 4 heteroatoms. The van der Waals surface area contributed by atoms with E-state index in [9.17, 15) is 4.79 Å². The van der Waals surface area contributed by atoms with E-state index in [1.165, 1.54) is 54.4 Å². The first-order valence-corrected chi connectivity index (χ1v) is 13.9. The predicted molar refractivity (Wildman–Crippen MR) is 130 cm³/mol. The molecule has 1 aliphatic heterocycles. The van der Waals surface area contributed by atoms with E-state index < -0.39 is 0 Å². The highest BCUT2D eigenvalue weighted by Gasteiger charge is 2.63. The van der Waals surface area contributed by atoms with Crippen molar-refractivity contribution >= 4 is 17.5 Å². The molecule has 1 heterocycles. The van der Waals surface area contributed by atoms with Crippen molar-refractivity contribution in [3.8, 4) is 5.40 Å². The molecular formula is C28H39NO2S. The molecule has 0 spiro atoms. The summed E-state index contributed by atoms with van der Waals surface area (Å²) >= 11 is 1.37. The van der Waals surface area contributed by atoms with E-state index >= 15 is 0 Å². The number of hydrogen-bond donors (Lipinski definition) is 0. The van der Waals surface area contributed by atoms with Gasteiger partial charge in [-0.3, -0.25) is 4.79 Å². The molecule has 0 aromatic carbocycles. The van der Waals surface area contributed by atoms with Crippen LogP contribution in [0.3, 0.4) is 0 Å². The SMILES string of the molecule is CC1=C(CCC(C)CSC#N)O[C@H]2C[C@H]3[C@@H]4CCC5=CC(=O)CC[C@]5(C)[C@H]4CC[C@]3(C)[C@@H]12. The summed E-state index contributed by atoms with van der Waals surface area (Å²) in [4.78, 5) is 12.1. The van der Waals surface area contributed by atoms with E-state index in [4.69, 9.17) is 10.00 Å². The second-order valence-corrected chi connectivity index (χ2v) is 12.8. The number of ketones is 1. The molecule has 0 N–H and O–H groups in total. The molecule has 3 saturated carbocycles. The van der Waals surface area contributed by atoms with E-state index in [2.05, 4.69) is 33.1 Å². The summed E-state index contributed by atoms with van der Waals surface area (Å²) in [5.41, 5.74) is 3.62. The lowest BCUT2D eigenvalue weighted by Crippen LogP contribution is -2.50. The van der Waals surface area contributed by atoms with Gasteiger partial charge in [0.2, 0.25) is 0 Å². The Bertz CT molecular complexity index is 900. The van der Waals surface area contributed by atoms with Gasteiger partial charge in [0.05, 0.1) is 5.76 Å². The van der Waals surface area contributed by atoms with Crippen molar-refractivity contribution in [3.05, 3.63) is 23.0 Å². The number of rotatable bonds is 5. The number of nitriles is 1. The van der Waals surface area contributed by atoms with Gasteiger partial charge in [0, 0.05) is 24.5 Å². The highest BCUT2D eigenvalue weighted by atomic mass is 32.2. The van der Waals surface area contributed by atoms with Crippen molar-refractivity contribution in [2.24, 2.45) is 40.4 Å². The van der Waals surface area contributed by atoms with E-state index in [1.807, 2.05) is 6.08 Å². The third kappa shape index (κ3) is 3.41. The summed E-state index contributed by atoms with van der Waals surface area (Å²) in [7, 11) is 0. The third-order valence-electron chi connectivity index (χ3n) is 10.5. The molecule has 3 nitrogen and oxygen atoms in total. The number of allylic oxidation sites excluding steroid dienone is 2. The first kappa shape index (κ1) is 22.6. The minimum Gasteiger partial charge on any atom is -0.494 e. The molecule has 5 rings (SSSR count). The molecule has 32 heavy (non-hydrogen) atoms. The van der Waals surface area contributed by atoms with Gasteiger partial charge in [0.1, 0.15) is 11.5 Å². The van der Waals surface area contributed by atoms with Crippen molar-refractivity contribution in [1.82, 2.24) is 0 Å². The van der Waals surface area contributed by atoms with Crippen LogP contribution in [-0.2, 0) is 9.53 Å². The molecule has 0 radical (unpaired) electrons. The highest BCUT2D eigenvalue weighted by molar-refractivity contribution is 8.03. The molecule has 0 aromatic heterocycles. The molecule has 0 bridgehead atoms. The number of hydrogen-bond acceptors (Lipinski definition) is 4. The first-order chi connectivity index (χ1) is 15.3. The predicted octanol–water partition coefficient (Wildman–Crippen LogP) is 7.05. The molecule has 0 aromatic rings. The summed E-state index contributed by atoms with van der Waals surface area (Å²) in [6.45, 7) is 9.66. The Labute approximate surface area is 198 Å². The average Bonchev–Trinajstić information content (AvgIpc) is 3.24. The molecule has 5 aliphatic rings. The molecule has 174 valence electrons. The lowest BCUT2D eigenvalue weighted by molar-refractivity contribution is -0.117. The van der Waals surface area contributed by atoms with Crippen LogP contribution in [0.2, 0.25) is 0 Å². The van der Waals surface area contributed by atoms with Gasteiger partial charge < -0.3 is 4.74 Å². The number of nitrogens with zero attached hydrogens (tertiary/aromatic N) is 1. The molecule has 0 saturated heterocycles. The number of thiocyanates is 1. The van der Waals surface area contributed by atoms with Gasteiger partial charge in [-0.25, -0.2) is 0 Å². The van der Waals surface area contributed by atoms with Crippen molar-refractivity contribution in [1.29, 1.82) is 5.26 Å². The Morgan fingerprint density at radius 2 is 2.06 bits per heavy atom. The van der Waals surface area contributed by atoms with Crippen molar-refractivity contribution < 1.29 is 9.53 Å². The minimum atomic E-state index is 0.254. The Morgan fingerprint density at radius 3 is 2.84 bits per heavy atom. The van der Waals surface area contributed by atoms with E-state index in [-0.39, 0.29) is 5.41 Å². The molecule has 8 atom stereocenters. The summed E-state index contributed by atoms with van der Waals surface area (Å²) in [6.07, 6.45) is 12.6. The second-order valence-electron chi connectivity index (χ2n) is 12.0. The van der Waals surface area contributed by atoms with E-state index in [0.29, 0.717) is 29.1 Å². The summed E-state index contributed by atoms with van der Waals surface area (Å²) in [6, 6.07) is 0. The number of carbonyl (C=O) groups excluding carboxylic acids is 1. The van der Waals surface area contributed by atoms with Gasteiger partial charge in [-0.15, -0.1) is 0 Å². The average molecular weight is 454 g/mol. The van der Waals surface area contributed by atoms with E-state index in [0.717, 1.165) is 55.6 Å². The fourth-order valence-electron chi connectivity index (χ4n) is 8.78. The van der Waals surface area contributed by atoms with Crippen LogP contribution in [0.15, 0.2) is 23.0 Å². The van der Waals surface area contributed by atoms with Crippen LogP contribution in [0, 0.1) is 51.1 Å². The van der Waals surface area contributed by atoms with Gasteiger partial charge in [0.15, 0.2) is 5.78 Å². The van der Waals surface area contributed by atoms with Crippen LogP contribution in [0.5, 0.6) is 0 Å². The maximum absolute atomic E-state index is 12.1. The van der Waals surface area contributed by atoms with Gasteiger partial charge in [0.25, 0.3) is 0 Å². The fourth-order valence-corrected chi connectivity index (χ4v) is 9.31. The Morgan fingerprint density at radius 1 is 1.25 bits per heavy atom. The number of thioether (sulfide) groups is 1. The highest BCUT2D eigenvalue weighted by Crippen LogP contribution is 2.69. The zero-order valence-electron chi connectivity index (χ0n) is 20.3. The first-order valence-electron chi connectivity index (χ1n) is 12.9. The van der Waals surface area contributed by atoms with Crippen LogP contribution >= 0.6 is 11.8 Å². The standard InChI is InChI=1S/C28H39NO2S/c1-17(15-32-16-29)5-8-24-18(2)26-25(31-24)14-23-21-7-6-19-13-20(30)9-11-27(19,3)22(21)10-12-28(23,26)4/h13,17,21-23,25-26H,5-12,14-15H2,1-4H3/t17?,21-,22+,23+,25+,26+,27+,28+/m1/s1. The van der Waals surface area contributed by atoms with Gasteiger partial charge >= 0.3 is 0 Å². The van der Waals surface area contributed by atoms with Crippen LogP contribution in [-0.4, -0.2) is 17.6 Å². The van der Waals surface area contributed by atoms with Crippen molar-refractivity contribution in [2.45, 2.75) is 91.6 Å². The molecular weight excluding hydrogens is 414 g/mol. The van der Waals surface area contributed by atoms with Gasteiger partial charge in [-0.2, -0.15) is 5.26 Å². The summed E-state index contributed by atoms with van der Waals surface area (Å²) in [5, 5.41) is 11.0. The topological polar surface area (TPSA) is 50.1 Å². The zero-order valence-corrected chi connectivity index (χ0v) is 21.1. The smallest absolute Gasteiger partial charge is 0.155 e. The number of carbonyl (C=O) groups is 1. The second kappa shape index (κ2) is 8.23. The van der Waals surface area contributed by atoms with Crippen LogP contribution < -0.4 is 0 Å². The molecule has 4 aliphatic carbocycles. The Hall–Kier alpha value is -1.21. The zero-order chi connectivity index (χ0) is 22.7. The lowest BCUT2D eigenvalue weighted by atomic mass is 9.46. The Balaban J connectivity index is 1.33. The summed E-state index contributed by atoms with van der Waals surface area (Å²) in [5.74, 6) is 5.97. The minimum absolute atomic E-state index is 0.254.